The normalized spacial score (nSPS) is 16.7. The van der Waals surface area contributed by atoms with E-state index >= 15 is 0 Å². The Morgan fingerprint density at radius 2 is 1.53 bits per heavy atom. The van der Waals surface area contributed by atoms with Crippen molar-refractivity contribution in [2.24, 2.45) is 0 Å². The first kappa shape index (κ1) is 18.9. The van der Waals surface area contributed by atoms with Crippen LogP contribution in [0.15, 0.2) is 97.1 Å². The smallest absolute Gasteiger partial charge is 0.0755 e. The van der Waals surface area contributed by atoms with Gasteiger partial charge in [0, 0.05) is 18.8 Å². The van der Waals surface area contributed by atoms with Gasteiger partial charge in [-0.3, -0.25) is 0 Å². The average Bonchev–Trinajstić information content (AvgIpc) is 2.83. The van der Waals surface area contributed by atoms with Gasteiger partial charge in [-0.1, -0.05) is 78.9 Å². The molecule has 0 N–H and O–H groups in total. The summed E-state index contributed by atoms with van der Waals surface area (Å²) in [6.45, 7) is 2.72. The van der Waals surface area contributed by atoms with Gasteiger partial charge >= 0.3 is 0 Å². The highest BCUT2D eigenvalue weighted by molar-refractivity contribution is 5.82. The van der Waals surface area contributed by atoms with E-state index in [4.69, 9.17) is 4.74 Å². The van der Waals surface area contributed by atoms with E-state index in [9.17, 15) is 0 Å². The summed E-state index contributed by atoms with van der Waals surface area (Å²) < 4.78 is 6.34. The van der Waals surface area contributed by atoms with Crippen molar-refractivity contribution < 1.29 is 4.74 Å². The minimum absolute atomic E-state index is 0.269. The fraction of sp³-hybridized carbons (Fsp3) is 0.214. The summed E-state index contributed by atoms with van der Waals surface area (Å²) in [6, 6.07) is 34.6. The van der Waals surface area contributed by atoms with Crippen LogP contribution in [0.3, 0.4) is 0 Å². The number of hydrogen-bond donors (Lipinski definition) is 0. The maximum atomic E-state index is 6.34. The van der Waals surface area contributed by atoms with Gasteiger partial charge in [0.05, 0.1) is 12.7 Å². The molecule has 0 radical (unpaired) electrons. The van der Waals surface area contributed by atoms with Gasteiger partial charge in [0.15, 0.2) is 0 Å². The topological polar surface area (TPSA) is 12.5 Å². The van der Waals surface area contributed by atoms with Crippen LogP contribution in [0.2, 0.25) is 0 Å². The molecule has 1 aliphatic rings. The first-order valence-corrected chi connectivity index (χ1v) is 10.8. The second-order valence-corrected chi connectivity index (χ2v) is 8.12. The molecule has 150 valence electrons. The first-order valence-electron chi connectivity index (χ1n) is 10.8. The Labute approximate surface area is 178 Å². The Balaban J connectivity index is 1.25. The summed E-state index contributed by atoms with van der Waals surface area (Å²) in [5, 5.41) is 2.56. The predicted molar refractivity (Wildman–Crippen MR) is 126 cm³/mol. The summed E-state index contributed by atoms with van der Waals surface area (Å²) in [6.07, 6.45) is 2.56. The van der Waals surface area contributed by atoms with Crippen LogP contribution in [0.5, 0.6) is 0 Å². The number of ether oxygens (including phenoxy) is 1. The molecule has 4 aromatic carbocycles. The fourth-order valence-electron chi connectivity index (χ4n) is 4.36. The maximum absolute atomic E-state index is 6.34. The van der Waals surface area contributed by atoms with Crippen LogP contribution in [0.25, 0.3) is 21.9 Å². The summed E-state index contributed by atoms with van der Waals surface area (Å²) in [4.78, 5) is 2.47. The van der Waals surface area contributed by atoms with E-state index in [0.29, 0.717) is 6.61 Å². The van der Waals surface area contributed by atoms with Crippen molar-refractivity contribution in [3.05, 3.63) is 103 Å². The Bertz CT molecular complexity index is 1120. The van der Waals surface area contributed by atoms with E-state index < -0.39 is 0 Å². The van der Waals surface area contributed by atoms with Gasteiger partial charge < -0.3 is 9.64 Å². The molecule has 1 fully saturated rings. The molecule has 0 spiro atoms. The van der Waals surface area contributed by atoms with Gasteiger partial charge in [-0.25, -0.2) is 0 Å². The van der Waals surface area contributed by atoms with Crippen molar-refractivity contribution in [3.63, 3.8) is 0 Å². The molecule has 0 bridgehead atoms. The Morgan fingerprint density at radius 1 is 0.733 bits per heavy atom. The largest absolute Gasteiger partial charge is 0.372 e. The van der Waals surface area contributed by atoms with Crippen LogP contribution in [0.1, 0.15) is 18.4 Å². The highest BCUT2D eigenvalue weighted by Gasteiger charge is 2.21. The summed E-state index contributed by atoms with van der Waals surface area (Å²) in [5.74, 6) is 0. The fourth-order valence-corrected chi connectivity index (χ4v) is 4.36. The monoisotopic (exact) mass is 393 g/mol. The molecule has 30 heavy (non-hydrogen) atoms. The second-order valence-electron chi connectivity index (χ2n) is 8.12. The molecule has 0 aromatic heterocycles. The first-order chi connectivity index (χ1) is 14.8. The SMILES string of the molecule is c1ccc(-c2cccc(N3CCCC(OCc4ccc5ccccc5c4)C3)c2)cc1. The number of hydrogen-bond acceptors (Lipinski definition) is 2. The molecule has 1 unspecified atom stereocenters. The molecule has 1 saturated heterocycles. The third kappa shape index (κ3) is 4.24. The van der Waals surface area contributed by atoms with E-state index in [0.717, 1.165) is 25.9 Å². The number of nitrogens with zero attached hydrogens (tertiary/aromatic N) is 1. The molecular formula is C28H27NO. The molecule has 5 rings (SSSR count). The zero-order chi connectivity index (χ0) is 20.2. The molecule has 1 atom stereocenters. The molecule has 0 saturated carbocycles. The van der Waals surface area contributed by atoms with Crippen molar-refractivity contribution in [3.8, 4) is 11.1 Å². The Hall–Kier alpha value is -3.10. The van der Waals surface area contributed by atoms with Crippen LogP contribution >= 0.6 is 0 Å². The van der Waals surface area contributed by atoms with Crippen molar-refractivity contribution in [2.45, 2.75) is 25.6 Å². The molecule has 0 amide bonds. The predicted octanol–water partition coefficient (Wildman–Crippen LogP) is 6.69. The van der Waals surface area contributed by atoms with E-state index in [2.05, 4.69) is 102 Å². The van der Waals surface area contributed by atoms with Gasteiger partial charge in [-0.15, -0.1) is 0 Å². The molecule has 0 aliphatic carbocycles. The Kier molecular flexibility index (Phi) is 5.50. The van der Waals surface area contributed by atoms with Gasteiger partial charge in [-0.05, 0) is 58.5 Å². The van der Waals surface area contributed by atoms with Crippen molar-refractivity contribution in [1.29, 1.82) is 0 Å². The summed E-state index contributed by atoms with van der Waals surface area (Å²) >= 11 is 0. The third-order valence-electron chi connectivity index (χ3n) is 6.00. The van der Waals surface area contributed by atoms with Crippen LogP contribution < -0.4 is 4.90 Å². The highest BCUT2D eigenvalue weighted by Crippen LogP contribution is 2.27. The lowest BCUT2D eigenvalue weighted by molar-refractivity contribution is 0.0316. The number of benzene rings is 4. The standard InChI is InChI=1S/C28H27NO/c1-2-8-23(9-3-1)26-12-6-13-27(19-26)29-17-7-14-28(20-29)30-21-22-15-16-24-10-4-5-11-25(24)18-22/h1-6,8-13,15-16,18-19,28H,7,14,17,20-21H2. The quantitative estimate of drug-likeness (QED) is 0.374. The van der Waals surface area contributed by atoms with Gasteiger partial charge in [0.1, 0.15) is 0 Å². The van der Waals surface area contributed by atoms with Crippen LogP contribution in [-0.2, 0) is 11.3 Å². The highest BCUT2D eigenvalue weighted by atomic mass is 16.5. The summed E-state index contributed by atoms with van der Waals surface area (Å²) in [7, 11) is 0. The lowest BCUT2D eigenvalue weighted by atomic mass is 10.0. The van der Waals surface area contributed by atoms with Gasteiger partial charge in [0.2, 0.25) is 0 Å². The Morgan fingerprint density at radius 3 is 2.43 bits per heavy atom. The zero-order valence-electron chi connectivity index (χ0n) is 17.2. The van der Waals surface area contributed by atoms with E-state index in [-0.39, 0.29) is 6.10 Å². The number of rotatable bonds is 5. The van der Waals surface area contributed by atoms with Gasteiger partial charge in [-0.2, -0.15) is 0 Å². The number of piperidine rings is 1. The molecule has 1 aliphatic heterocycles. The minimum Gasteiger partial charge on any atom is -0.372 e. The average molecular weight is 394 g/mol. The maximum Gasteiger partial charge on any atom is 0.0755 e. The molecule has 2 nitrogen and oxygen atoms in total. The minimum atomic E-state index is 0.269. The second kappa shape index (κ2) is 8.73. The lowest BCUT2D eigenvalue weighted by Crippen LogP contribution is -2.39. The van der Waals surface area contributed by atoms with Crippen LogP contribution in [-0.4, -0.2) is 19.2 Å². The molecule has 4 aromatic rings. The molecular weight excluding hydrogens is 366 g/mol. The van der Waals surface area contributed by atoms with Crippen LogP contribution in [0, 0.1) is 0 Å². The van der Waals surface area contributed by atoms with Crippen molar-refractivity contribution >= 4 is 16.5 Å². The summed E-state index contributed by atoms with van der Waals surface area (Å²) in [5.41, 5.74) is 5.07. The number of anilines is 1. The zero-order valence-corrected chi connectivity index (χ0v) is 17.2. The third-order valence-corrected chi connectivity index (χ3v) is 6.00. The van der Waals surface area contributed by atoms with E-state index in [1.54, 1.807) is 0 Å². The van der Waals surface area contributed by atoms with Crippen LogP contribution in [0.4, 0.5) is 5.69 Å². The van der Waals surface area contributed by atoms with Crippen molar-refractivity contribution in [1.82, 2.24) is 0 Å². The van der Waals surface area contributed by atoms with E-state index in [1.807, 2.05) is 0 Å². The molecule has 1 heterocycles. The van der Waals surface area contributed by atoms with Gasteiger partial charge in [0.25, 0.3) is 0 Å². The van der Waals surface area contributed by atoms with E-state index in [1.165, 1.54) is 33.2 Å². The lowest BCUT2D eigenvalue weighted by Gasteiger charge is -2.34. The number of fused-ring (bicyclic) bond motifs is 1. The molecule has 2 heteroatoms. The van der Waals surface area contributed by atoms with Crippen molar-refractivity contribution in [2.75, 3.05) is 18.0 Å².